The van der Waals surface area contributed by atoms with Crippen molar-refractivity contribution in [1.29, 1.82) is 0 Å². The van der Waals surface area contributed by atoms with Gasteiger partial charge >= 0.3 is 6.03 Å². The maximum Gasteiger partial charge on any atom is 0.343 e. The SMILES string of the molecule is CCONC(=O)Nc1cccc(C)c1. The van der Waals surface area contributed by atoms with Gasteiger partial charge in [0.2, 0.25) is 0 Å². The van der Waals surface area contributed by atoms with Crippen molar-refractivity contribution in [3.8, 4) is 0 Å². The third-order valence-corrected chi connectivity index (χ3v) is 1.59. The number of hydroxylamine groups is 1. The fraction of sp³-hybridized carbons (Fsp3) is 0.300. The molecule has 4 heteroatoms. The molecule has 0 radical (unpaired) electrons. The molecule has 1 aromatic rings. The van der Waals surface area contributed by atoms with E-state index in [9.17, 15) is 4.79 Å². The van der Waals surface area contributed by atoms with Gasteiger partial charge in [-0.3, -0.25) is 4.84 Å². The van der Waals surface area contributed by atoms with Gasteiger partial charge in [0.15, 0.2) is 0 Å². The zero-order valence-corrected chi connectivity index (χ0v) is 8.33. The van der Waals surface area contributed by atoms with Crippen LogP contribution in [-0.2, 0) is 4.84 Å². The molecule has 1 rings (SSSR count). The number of carbonyl (C=O) groups excluding carboxylic acids is 1. The first kappa shape index (κ1) is 10.5. The summed E-state index contributed by atoms with van der Waals surface area (Å²) >= 11 is 0. The van der Waals surface area contributed by atoms with Gasteiger partial charge in [-0.05, 0) is 31.5 Å². The summed E-state index contributed by atoms with van der Waals surface area (Å²) in [5.74, 6) is 0. The molecule has 4 nitrogen and oxygen atoms in total. The fourth-order valence-corrected chi connectivity index (χ4v) is 1.02. The molecule has 0 aliphatic rings. The molecule has 0 aliphatic carbocycles. The summed E-state index contributed by atoms with van der Waals surface area (Å²) in [5.41, 5.74) is 4.10. The molecule has 0 aliphatic heterocycles. The standard InChI is InChI=1S/C10H14N2O2/c1-3-14-12-10(13)11-9-6-4-5-8(2)7-9/h4-7H,3H2,1-2H3,(H2,11,12,13). The zero-order chi connectivity index (χ0) is 10.4. The minimum Gasteiger partial charge on any atom is -0.306 e. The van der Waals surface area contributed by atoms with Crippen LogP contribution in [0.3, 0.4) is 0 Å². The normalized spacial score (nSPS) is 9.57. The first-order chi connectivity index (χ1) is 6.72. The molecule has 0 saturated heterocycles. The zero-order valence-electron chi connectivity index (χ0n) is 8.33. The summed E-state index contributed by atoms with van der Waals surface area (Å²) in [6.45, 7) is 4.21. The number of rotatable bonds is 3. The smallest absolute Gasteiger partial charge is 0.306 e. The monoisotopic (exact) mass is 194 g/mol. The molecule has 0 unspecified atom stereocenters. The van der Waals surface area contributed by atoms with E-state index in [-0.39, 0.29) is 6.03 Å². The van der Waals surface area contributed by atoms with E-state index in [2.05, 4.69) is 10.8 Å². The van der Waals surface area contributed by atoms with E-state index in [0.29, 0.717) is 6.61 Å². The Hall–Kier alpha value is -1.55. The van der Waals surface area contributed by atoms with E-state index in [1.807, 2.05) is 31.2 Å². The maximum absolute atomic E-state index is 11.1. The molecule has 0 fully saturated rings. The molecule has 0 atom stereocenters. The van der Waals surface area contributed by atoms with E-state index in [1.54, 1.807) is 6.92 Å². The van der Waals surface area contributed by atoms with Gasteiger partial charge in [-0.25, -0.2) is 10.3 Å². The summed E-state index contributed by atoms with van der Waals surface area (Å²) in [7, 11) is 0. The second-order valence-electron chi connectivity index (χ2n) is 2.86. The Kier molecular flexibility index (Phi) is 3.94. The van der Waals surface area contributed by atoms with Crippen molar-refractivity contribution in [2.45, 2.75) is 13.8 Å². The molecule has 0 aromatic heterocycles. The molecule has 76 valence electrons. The Morgan fingerprint density at radius 2 is 2.29 bits per heavy atom. The third-order valence-electron chi connectivity index (χ3n) is 1.59. The average Bonchev–Trinajstić information content (AvgIpc) is 2.15. The molecule has 0 heterocycles. The van der Waals surface area contributed by atoms with Gasteiger partial charge in [-0.2, -0.15) is 0 Å². The first-order valence-electron chi connectivity index (χ1n) is 4.48. The van der Waals surface area contributed by atoms with E-state index >= 15 is 0 Å². The predicted molar refractivity (Wildman–Crippen MR) is 55.0 cm³/mol. The van der Waals surface area contributed by atoms with Crippen LogP contribution in [0.1, 0.15) is 12.5 Å². The highest BCUT2D eigenvalue weighted by Gasteiger charge is 1.99. The van der Waals surface area contributed by atoms with Crippen LogP contribution in [0.4, 0.5) is 10.5 Å². The lowest BCUT2D eigenvalue weighted by Crippen LogP contribution is -2.28. The summed E-state index contributed by atoms with van der Waals surface area (Å²) in [4.78, 5) is 15.9. The molecule has 0 bridgehead atoms. The van der Waals surface area contributed by atoms with E-state index < -0.39 is 0 Å². The molecule has 0 saturated carbocycles. The minimum absolute atomic E-state index is 0.363. The van der Waals surface area contributed by atoms with Crippen molar-refractivity contribution in [3.05, 3.63) is 29.8 Å². The first-order valence-corrected chi connectivity index (χ1v) is 4.48. The number of urea groups is 1. The summed E-state index contributed by atoms with van der Waals surface area (Å²) < 4.78 is 0. The fourth-order valence-electron chi connectivity index (χ4n) is 1.02. The van der Waals surface area contributed by atoms with Crippen molar-refractivity contribution in [2.75, 3.05) is 11.9 Å². The van der Waals surface area contributed by atoms with Crippen molar-refractivity contribution < 1.29 is 9.63 Å². The molecule has 14 heavy (non-hydrogen) atoms. The number of nitrogens with one attached hydrogen (secondary N) is 2. The lowest BCUT2D eigenvalue weighted by atomic mass is 10.2. The van der Waals surface area contributed by atoms with Crippen molar-refractivity contribution >= 4 is 11.7 Å². The number of benzene rings is 1. The predicted octanol–water partition coefficient (Wildman–Crippen LogP) is 2.07. The lowest BCUT2D eigenvalue weighted by Gasteiger charge is -2.06. The van der Waals surface area contributed by atoms with Crippen LogP contribution in [0.15, 0.2) is 24.3 Å². The molecular weight excluding hydrogens is 180 g/mol. The molecular formula is C10H14N2O2. The highest BCUT2D eigenvalue weighted by molar-refractivity contribution is 5.88. The Balaban J connectivity index is 2.47. The topological polar surface area (TPSA) is 50.4 Å². The number of anilines is 1. The van der Waals surface area contributed by atoms with Crippen LogP contribution < -0.4 is 10.8 Å². The van der Waals surface area contributed by atoms with Crippen LogP contribution in [0.5, 0.6) is 0 Å². The van der Waals surface area contributed by atoms with Gasteiger partial charge in [-0.1, -0.05) is 12.1 Å². The van der Waals surface area contributed by atoms with Crippen molar-refractivity contribution in [3.63, 3.8) is 0 Å². The van der Waals surface area contributed by atoms with E-state index in [1.165, 1.54) is 0 Å². The van der Waals surface area contributed by atoms with Gasteiger partial charge < -0.3 is 5.32 Å². The van der Waals surface area contributed by atoms with Crippen molar-refractivity contribution in [2.24, 2.45) is 0 Å². The third kappa shape index (κ3) is 3.45. The van der Waals surface area contributed by atoms with Crippen molar-refractivity contribution in [1.82, 2.24) is 5.48 Å². The summed E-state index contributed by atoms with van der Waals surface area (Å²) in [6, 6.07) is 7.18. The minimum atomic E-state index is -0.363. The summed E-state index contributed by atoms with van der Waals surface area (Å²) in [5, 5.41) is 2.64. The number of hydrogen-bond acceptors (Lipinski definition) is 2. The Labute approximate surface area is 83.2 Å². The van der Waals surface area contributed by atoms with Crippen LogP contribution in [0.2, 0.25) is 0 Å². The van der Waals surface area contributed by atoms with Crippen LogP contribution in [0.25, 0.3) is 0 Å². The van der Waals surface area contributed by atoms with Gasteiger partial charge in [0, 0.05) is 5.69 Å². The largest absolute Gasteiger partial charge is 0.343 e. The maximum atomic E-state index is 11.1. The number of hydrogen-bond donors (Lipinski definition) is 2. The van der Waals surface area contributed by atoms with Gasteiger partial charge in [0.25, 0.3) is 0 Å². The van der Waals surface area contributed by atoms with Crippen LogP contribution in [0, 0.1) is 6.92 Å². The highest BCUT2D eigenvalue weighted by Crippen LogP contribution is 2.08. The second-order valence-corrected chi connectivity index (χ2v) is 2.86. The van der Waals surface area contributed by atoms with E-state index in [4.69, 9.17) is 4.84 Å². The Morgan fingerprint density at radius 1 is 1.50 bits per heavy atom. The molecule has 1 aromatic carbocycles. The van der Waals surface area contributed by atoms with E-state index in [0.717, 1.165) is 11.3 Å². The Morgan fingerprint density at radius 3 is 2.93 bits per heavy atom. The van der Waals surface area contributed by atoms with Gasteiger partial charge in [-0.15, -0.1) is 0 Å². The van der Waals surface area contributed by atoms with Crippen LogP contribution >= 0.6 is 0 Å². The number of carbonyl (C=O) groups is 1. The van der Waals surface area contributed by atoms with Gasteiger partial charge in [0.05, 0.1) is 6.61 Å². The summed E-state index contributed by atoms with van der Waals surface area (Å²) in [6.07, 6.45) is 0. The molecule has 2 amide bonds. The number of amides is 2. The second kappa shape index (κ2) is 5.24. The highest BCUT2D eigenvalue weighted by atomic mass is 16.7. The number of aryl methyl sites for hydroxylation is 1. The molecule has 0 spiro atoms. The van der Waals surface area contributed by atoms with Crippen LogP contribution in [-0.4, -0.2) is 12.6 Å². The lowest BCUT2D eigenvalue weighted by molar-refractivity contribution is 0.0758. The average molecular weight is 194 g/mol. The Bertz CT molecular complexity index is 313. The molecule has 2 N–H and O–H groups in total. The van der Waals surface area contributed by atoms with Gasteiger partial charge in [0.1, 0.15) is 0 Å². The quantitative estimate of drug-likeness (QED) is 0.724.